The van der Waals surface area contributed by atoms with Crippen LogP contribution in [0.3, 0.4) is 0 Å². The summed E-state index contributed by atoms with van der Waals surface area (Å²) >= 11 is 0. The standard InChI is InChI=1S/C21H40N6O6/c1-11(2)9-14(19(30)27-15(21(32)33)10-16(23)28)26-18(29)13(7-5-6-8-22)25-20(31)17(24)12(3)4/h11-15,17H,5-10,22,24H2,1-4H3,(H2,23,28)(H,25,31)(H,26,29)(H,27,30)(H,32,33). The van der Waals surface area contributed by atoms with Gasteiger partial charge >= 0.3 is 5.97 Å². The van der Waals surface area contributed by atoms with Gasteiger partial charge < -0.3 is 38.3 Å². The molecule has 0 saturated carbocycles. The number of hydrogen-bond donors (Lipinski definition) is 7. The molecule has 0 aliphatic carbocycles. The summed E-state index contributed by atoms with van der Waals surface area (Å²) < 4.78 is 0. The van der Waals surface area contributed by atoms with Gasteiger partial charge in [0.25, 0.3) is 0 Å². The van der Waals surface area contributed by atoms with Crippen molar-refractivity contribution in [3.63, 3.8) is 0 Å². The zero-order chi connectivity index (χ0) is 25.7. The lowest BCUT2D eigenvalue weighted by atomic mass is 10.0. The lowest BCUT2D eigenvalue weighted by Gasteiger charge is -2.26. The summed E-state index contributed by atoms with van der Waals surface area (Å²) in [5.41, 5.74) is 16.5. The van der Waals surface area contributed by atoms with E-state index in [1.54, 1.807) is 13.8 Å². The lowest BCUT2D eigenvalue weighted by Crippen LogP contribution is -2.58. The number of amides is 4. The average Bonchev–Trinajstić information content (AvgIpc) is 2.70. The van der Waals surface area contributed by atoms with E-state index in [0.29, 0.717) is 19.4 Å². The van der Waals surface area contributed by atoms with Gasteiger partial charge in [-0.3, -0.25) is 19.2 Å². The normalized spacial score (nSPS) is 14.8. The highest BCUT2D eigenvalue weighted by Gasteiger charge is 2.31. The monoisotopic (exact) mass is 472 g/mol. The van der Waals surface area contributed by atoms with E-state index in [2.05, 4.69) is 16.0 Å². The molecule has 12 heteroatoms. The van der Waals surface area contributed by atoms with E-state index in [4.69, 9.17) is 17.2 Å². The summed E-state index contributed by atoms with van der Waals surface area (Å²) in [6.07, 6.45) is 1.10. The number of carboxylic acids is 1. The van der Waals surface area contributed by atoms with Gasteiger partial charge in [0, 0.05) is 0 Å². The first kappa shape index (κ1) is 30.3. The number of nitrogens with two attached hydrogens (primary N) is 3. The number of carboxylic acid groups (broad SMARTS) is 1. The van der Waals surface area contributed by atoms with E-state index >= 15 is 0 Å². The largest absolute Gasteiger partial charge is 0.480 e. The lowest BCUT2D eigenvalue weighted by molar-refractivity contribution is -0.144. The van der Waals surface area contributed by atoms with Crippen LogP contribution in [0.1, 0.15) is 59.8 Å². The quantitative estimate of drug-likeness (QED) is 0.131. The van der Waals surface area contributed by atoms with E-state index in [0.717, 1.165) is 0 Å². The van der Waals surface area contributed by atoms with Crippen molar-refractivity contribution in [3.05, 3.63) is 0 Å². The molecule has 0 fully saturated rings. The van der Waals surface area contributed by atoms with Crippen molar-refractivity contribution >= 4 is 29.6 Å². The minimum absolute atomic E-state index is 0.0277. The molecule has 0 radical (unpaired) electrons. The van der Waals surface area contributed by atoms with Crippen LogP contribution in [-0.4, -0.2) is 65.4 Å². The third kappa shape index (κ3) is 12.2. The third-order valence-electron chi connectivity index (χ3n) is 4.96. The van der Waals surface area contributed by atoms with Gasteiger partial charge in [0.15, 0.2) is 0 Å². The van der Waals surface area contributed by atoms with E-state index in [1.165, 1.54) is 0 Å². The van der Waals surface area contributed by atoms with Crippen molar-refractivity contribution in [1.29, 1.82) is 0 Å². The van der Waals surface area contributed by atoms with Crippen molar-refractivity contribution in [3.8, 4) is 0 Å². The molecule has 0 aliphatic rings. The molecule has 0 rings (SSSR count). The molecule has 10 N–H and O–H groups in total. The Labute approximate surface area is 194 Å². The second-order valence-corrected chi connectivity index (χ2v) is 8.88. The molecular weight excluding hydrogens is 432 g/mol. The number of nitrogens with one attached hydrogen (secondary N) is 3. The Hall–Kier alpha value is -2.73. The number of rotatable bonds is 16. The number of carbonyl (C=O) groups excluding carboxylic acids is 4. The van der Waals surface area contributed by atoms with Crippen LogP contribution in [0.25, 0.3) is 0 Å². The van der Waals surface area contributed by atoms with Gasteiger partial charge in [-0.25, -0.2) is 4.79 Å². The molecule has 0 aromatic heterocycles. The molecule has 0 aromatic rings. The van der Waals surface area contributed by atoms with Gasteiger partial charge in [-0.1, -0.05) is 27.7 Å². The van der Waals surface area contributed by atoms with Gasteiger partial charge in [0.05, 0.1) is 12.5 Å². The smallest absolute Gasteiger partial charge is 0.326 e. The molecule has 0 aliphatic heterocycles. The van der Waals surface area contributed by atoms with E-state index in [9.17, 15) is 29.1 Å². The summed E-state index contributed by atoms with van der Waals surface area (Å²) in [4.78, 5) is 60.6. The second kappa shape index (κ2) is 15.2. The van der Waals surface area contributed by atoms with Crippen LogP contribution in [0.15, 0.2) is 0 Å². The molecule has 12 nitrogen and oxygen atoms in total. The minimum Gasteiger partial charge on any atom is -0.480 e. The average molecular weight is 473 g/mol. The molecular formula is C21H40N6O6. The Morgan fingerprint density at radius 1 is 0.818 bits per heavy atom. The van der Waals surface area contributed by atoms with Crippen molar-refractivity contribution in [1.82, 2.24) is 16.0 Å². The molecule has 0 bridgehead atoms. The van der Waals surface area contributed by atoms with E-state index in [1.807, 2.05) is 13.8 Å². The Morgan fingerprint density at radius 2 is 1.33 bits per heavy atom. The highest BCUT2D eigenvalue weighted by molar-refractivity contribution is 5.94. The number of unbranched alkanes of at least 4 members (excludes halogenated alkanes) is 1. The number of primary amides is 1. The fraction of sp³-hybridized carbons (Fsp3) is 0.762. The molecule has 4 unspecified atom stereocenters. The van der Waals surface area contributed by atoms with Crippen molar-refractivity contribution in [2.24, 2.45) is 29.0 Å². The topological polar surface area (TPSA) is 220 Å². The SMILES string of the molecule is CC(C)CC(NC(=O)C(CCCCN)NC(=O)C(N)C(C)C)C(=O)NC(CC(N)=O)C(=O)O. The van der Waals surface area contributed by atoms with Gasteiger partial charge in [0.2, 0.25) is 23.6 Å². The van der Waals surface area contributed by atoms with Crippen LogP contribution >= 0.6 is 0 Å². The maximum absolute atomic E-state index is 13.0. The molecule has 0 spiro atoms. The van der Waals surface area contributed by atoms with Crippen molar-refractivity contribution < 1.29 is 29.1 Å². The highest BCUT2D eigenvalue weighted by Crippen LogP contribution is 2.09. The molecule has 4 atom stereocenters. The first-order chi connectivity index (χ1) is 15.3. The molecule has 0 aromatic carbocycles. The second-order valence-electron chi connectivity index (χ2n) is 8.88. The fourth-order valence-electron chi connectivity index (χ4n) is 2.98. The van der Waals surface area contributed by atoms with Crippen molar-refractivity contribution in [2.45, 2.75) is 84.0 Å². The first-order valence-electron chi connectivity index (χ1n) is 11.2. The maximum Gasteiger partial charge on any atom is 0.326 e. The number of carbonyl (C=O) groups is 5. The molecule has 0 heterocycles. The minimum atomic E-state index is -1.52. The number of hydrogen-bond acceptors (Lipinski definition) is 7. The Balaban J connectivity index is 5.53. The summed E-state index contributed by atoms with van der Waals surface area (Å²) in [6.45, 7) is 7.63. The maximum atomic E-state index is 13.0. The Morgan fingerprint density at radius 3 is 1.79 bits per heavy atom. The van der Waals surface area contributed by atoms with Crippen LogP contribution in [0.4, 0.5) is 0 Å². The van der Waals surface area contributed by atoms with Crippen LogP contribution in [0.5, 0.6) is 0 Å². The van der Waals surface area contributed by atoms with Crippen LogP contribution < -0.4 is 33.2 Å². The molecule has 4 amide bonds. The number of aliphatic carboxylic acids is 1. The predicted molar refractivity (Wildman–Crippen MR) is 122 cm³/mol. The first-order valence-corrected chi connectivity index (χ1v) is 11.2. The fourth-order valence-corrected chi connectivity index (χ4v) is 2.98. The zero-order valence-electron chi connectivity index (χ0n) is 19.9. The molecule has 0 saturated heterocycles. The molecule has 33 heavy (non-hydrogen) atoms. The van der Waals surface area contributed by atoms with E-state index in [-0.39, 0.29) is 24.7 Å². The summed E-state index contributed by atoms with van der Waals surface area (Å²) in [5, 5.41) is 16.7. The Kier molecular flexibility index (Phi) is 13.9. The van der Waals surface area contributed by atoms with Gasteiger partial charge in [-0.2, -0.15) is 0 Å². The summed E-state index contributed by atoms with van der Waals surface area (Å²) in [6, 6.07) is -4.36. The highest BCUT2D eigenvalue weighted by atomic mass is 16.4. The summed E-state index contributed by atoms with van der Waals surface area (Å²) in [5.74, 6) is -4.34. The van der Waals surface area contributed by atoms with Crippen LogP contribution in [0, 0.1) is 11.8 Å². The predicted octanol–water partition coefficient (Wildman–Crippen LogP) is -1.44. The molecule has 190 valence electrons. The van der Waals surface area contributed by atoms with Gasteiger partial charge in [0.1, 0.15) is 18.1 Å². The summed E-state index contributed by atoms with van der Waals surface area (Å²) in [7, 11) is 0. The van der Waals surface area contributed by atoms with Gasteiger partial charge in [-0.15, -0.1) is 0 Å². The zero-order valence-corrected chi connectivity index (χ0v) is 19.9. The van der Waals surface area contributed by atoms with Crippen molar-refractivity contribution in [2.75, 3.05) is 6.54 Å². The van der Waals surface area contributed by atoms with Gasteiger partial charge in [-0.05, 0) is 44.1 Å². The van der Waals surface area contributed by atoms with Crippen LogP contribution in [-0.2, 0) is 24.0 Å². The van der Waals surface area contributed by atoms with E-state index < -0.39 is 60.2 Å². The van der Waals surface area contributed by atoms with Crippen LogP contribution in [0.2, 0.25) is 0 Å². The Bertz CT molecular complexity index is 684. The third-order valence-corrected chi connectivity index (χ3v) is 4.96.